The maximum atomic E-state index is 13.2. The monoisotopic (exact) mass is 439 g/mol. The fourth-order valence-corrected chi connectivity index (χ4v) is 4.48. The Morgan fingerprint density at radius 2 is 1.91 bits per heavy atom. The average molecular weight is 440 g/mol. The molecule has 3 aliphatic rings. The van der Waals surface area contributed by atoms with Gasteiger partial charge in [0.15, 0.2) is 0 Å². The molecule has 0 unspecified atom stereocenters. The number of piperidine rings is 1. The van der Waals surface area contributed by atoms with Crippen molar-refractivity contribution in [3.8, 4) is 0 Å². The number of aryl methyl sites for hydroxylation is 1. The zero-order valence-electron chi connectivity index (χ0n) is 18.6. The van der Waals surface area contributed by atoms with Gasteiger partial charge >= 0.3 is 0 Å². The van der Waals surface area contributed by atoms with Crippen molar-refractivity contribution < 1.29 is 14.4 Å². The second kappa shape index (κ2) is 8.95. The first-order valence-corrected chi connectivity index (χ1v) is 11.2. The zero-order chi connectivity index (χ0) is 22.1. The third-order valence-electron chi connectivity index (χ3n) is 6.52. The topological polar surface area (TPSA) is 96.8 Å². The molecule has 32 heavy (non-hydrogen) atoms. The van der Waals surface area contributed by atoms with Gasteiger partial charge in [0.2, 0.25) is 11.9 Å². The number of ether oxygens (including phenoxy) is 1. The summed E-state index contributed by atoms with van der Waals surface area (Å²) < 4.78 is 5.35. The van der Waals surface area contributed by atoms with E-state index in [2.05, 4.69) is 24.8 Å². The third kappa shape index (κ3) is 4.12. The predicted octanol–water partition coefficient (Wildman–Crippen LogP) is 1.53. The summed E-state index contributed by atoms with van der Waals surface area (Å²) in [4.78, 5) is 41.3. The average Bonchev–Trinajstić information content (AvgIpc) is 3.29. The molecule has 0 aliphatic carbocycles. The van der Waals surface area contributed by atoms with Crippen molar-refractivity contribution in [2.45, 2.75) is 38.3 Å². The molecular weight excluding hydrogens is 410 g/mol. The van der Waals surface area contributed by atoms with Gasteiger partial charge in [0.25, 0.3) is 0 Å². The summed E-state index contributed by atoms with van der Waals surface area (Å²) in [5.74, 6) is 1.61. The molecule has 10 heteroatoms. The molecule has 0 spiro atoms. The van der Waals surface area contributed by atoms with Gasteiger partial charge < -0.3 is 14.5 Å². The van der Waals surface area contributed by atoms with Crippen LogP contribution in [0.5, 0.6) is 0 Å². The number of methoxy groups -OCH3 is 1. The summed E-state index contributed by atoms with van der Waals surface area (Å²) in [5.41, 5.74) is 1.64. The Kier molecular flexibility index (Phi) is 5.88. The number of amides is 1. The highest BCUT2D eigenvalue weighted by Gasteiger charge is 2.38. The molecule has 1 amide bonds. The molecule has 0 aromatic carbocycles. The van der Waals surface area contributed by atoms with Gasteiger partial charge in [0.05, 0.1) is 30.3 Å². The fraction of sp³-hybridized carbons (Fsp3) is 0.591. The van der Waals surface area contributed by atoms with E-state index in [-0.39, 0.29) is 24.0 Å². The molecule has 0 saturated carbocycles. The van der Waals surface area contributed by atoms with Crippen LogP contribution in [0.4, 0.5) is 11.8 Å². The lowest BCUT2D eigenvalue weighted by molar-refractivity contribution is -0.182. The van der Waals surface area contributed by atoms with Crippen LogP contribution in [0.25, 0.3) is 0 Å². The Bertz CT molecular complexity index is 943. The lowest BCUT2D eigenvalue weighted by atomic mass is 9.95. The first-order chi connectivity index (χ1) is 15.6. The van der Waals surface area contributed by atoms with Crippen LogP contribution in [0.3, 0.4) is 0 Å². The molecule has 0 N–H and O–H groups in total. The van der Waals surface area contributed by atoms with E-state index in [1.165, 1.54) is 5.06 Å². The van der Waals surface area contributed by atoms with E-state index in [0.29, 0.717) is 6.61 Å². The fourth-order valence-electron chi connectivity index (χ4n) is 4.48. The molecule has 1 atom stereocenters. The molecule has 3 fully saturated rings. The number of carbonyl (C=O) groups is 1. The van der Waals surface area contributed by atoms with E-state index in [4.69, 9.17) is 14.6 Å². The highest BCUT2D eigenvalue weighted by Crippen LogP contribution is 2.33. The molecule has 0 radical (unpaired) electrons. The highest BCUT2D eigenvalue weighted by molar-refractivity contribution is 5.78. The van der Waals surface area contributed by atoms with Crippen LogP contribution in [-0.4, -0.2) is 76.9 Å². The SMILES string of the molecule is COC1CN(c2ccnc(N3CCC(C(=O)N4OCC[C@H]4c4cnc(C)cn4)CC3)n2)C1. The molecular formula is C22H29N7O3. The van der Waals surface area contributed by atoms with Gasteiger partial charge in [-0.05, 0) is 25.8 Å². The number of rotatable bonds is 5. The van der Waals surface area contributed by atoms with Crippen molar-refractivity contribution in [1.29, 1.82) is 0 Å². The molecule has 5 heterocycles. The quantitative estimate of drug-likeness (QED) is 0.687. The first-order valence-electron chi connectivity index (χ1n) is 11.2. The van der Waals surface area contributed by atoms with E-state index < -0.39 is 0 Å². The molecule has 3 aliphatic heterocycles. The minimum absolute atomic E-state index is 0.0374. The van der Waals surface area contributed by atoms with Crippen LogP contribution < -0.4 is 9.80 Å². The van der Waals surface area contributed by atoms with Crippen molar-refractivity contribution in [3.63, 3.8) is 0 Å². The van der Waals surface area contributed by atoms with Gasteiger partial charge in [-0.2, -0.15) is 4.98 Å². The van der Waals surface area contributed by atoms with E-state index in [1.54, 1.807) is 25.7 Å². The standard InChI is InChI=1S/C22H29N7O3/c1-15-11-25-18(12-24-15)19-6-10-32-29(19)21(30)16-4-8-27(9-5-16)22-23-7-3-20(26-22)28-13-17(14-28)31-2/h3,7,11-12,16-17,19H,4-6,8-10,13-14H2,1-2H3/t19-/m0/s1. The van der Waals surface area contributed by atoms with E-state index in [0.717, 1.165) is 68.6 Å². The zero-order valence-corrected chi connectivity index (χ0v) is 18.6. The maximum absolute atomic E-state index is 13.2. The van der Waals surface area contributed by atoms with Crippen molar-refractivity contribution >= 4 is 17.7 Å². The first kappa shape index (κ1) is 21.0. The normalized spacial score (nSPS) is 22.3. The second-order valence-corrected chi connectivity index (χ2v) is 8.62. The van der Waals surface area contributed by atoms with E-state index in [1.807, 2.05) is 13.0 Å². The number of aromatic nitrogens is 4. The minimum atomic E-state index is -0.166. The van der Waals surface area contributed by atoms with Gasteiger partial charge in [0.1, 0.15) is 11.9 Å². The number of anilines is 2. The van der Waals surface area contributed by atoms with Crippen LogP contribution in [0, 0.1) is 12.8 Å². The van der Waals surface area contributed by atoms with E-state index >= 15 is 0 Å². The Morgan fingerprint density at radius 1 is 1.09 bits per heavy atom. The summed E-state index contributed by atoms with van der Waals surface area (Å²) in [7, 11) is 1.74. The summed E-state index contributed by atoms with van der Waals surface area (Å²) >= 11 is 0. The minimum Gasteiger partial charge on any atom is -0.378 e. The van der Waals surface area contributed by atoms with Gasteiger partial charge in [-0.3, -0.25) is 19.6 Å². The summed E-state index contributed by atoms with van der Waals surface area (Å²) in [6, 6.07) is 1.77. The van der Waals surface area contributed by atoms with E-state index in [9.17, 15) is 4.79 Å². The Balaban J connectivity index is 1.19. The molecule has 2 aromatic heterocycles. The van der Waals surface area contributed by atoms with Crippen molar-refractivity contribution in [2.75, 3.05) is 49.7 Å². The van der Waals surface area contributed by atoms with Crippen molar-refractivity contribution in [1.82, 2.24) is 25.0 Å². The van der Waals surface area contributed by atoms with Crippen LogP contribution in [0.1, 0.15) is 36.7 Å². The Morgan fingerprint density at radius 3 is 2.62 bits per heavy atom. The van der Waals surface area contributed by atoms with Gasteiger partial charge in [-0.15, -0.1) is 0 Å². The smallest absolute Gasteiger partial charge is 0.250 e. The summed E-state index contributed by atoms with van der Waals surface area (Å²) in [5, 5.41) is 1.53. The molecule has 2 aromatic rings. The van der Waals surface area contributed by atoms with Crippen LogP contribution in [0.15, 0.2) is 24.7 Å². The van der Waals surface area contributed by atoms with Crippen molar-refractivity contribution in [3.05, 3.63) is 36.0 Å². The van der Waals surface area contributed by atoms with Crippen LogP contribution in [0.2, 0.25) is 0 Å². The largest absolute Gasteiger partial charge is 0.378 e. The molecule has 3 saturated heterocycles. The van der Waals surface area contributed by atoms with Crippen LogP contribution >= 0.6 is 0 Å². The Labute approximate surface area is 187 Å². The molecule has 0 bridgehead atoms. The highest BCUT2D eigenvalue weighted by atomic mass is 16.7. The van der Waals surface area contributed by atoms with Crippen molar-refractivity contribution in [2.24, 2.45) is 5.92 Å². The number of hydroxylamine groups is 2. The summed E-state index contributed by atoms with van der Waals surface area (Å²) in [6.45, 7) is 5.61. The number of carbonyl (C=O) groups excluding carboxylic acids is 1. The number of hydrogen-bond donors (Lipinski definition) is 0. The van der Waals surface area contributed by atoms with Gasteiger partial charge in [0, 0.05) is 58.0 Å². The molecule has 10 nitrogen and oxygen atoms in total. The predicted molar refractivity (Wildman–Crippen MR) is 117 cm³/mol. The second-order valence-electron chi connectivity index (χ2n) is 8.62. The van der Waals surface area contributed by atoms with Crippen LogP contribution in [-0.2, 0) is 14.4 Å². The lowest BCUT2D eigenvalue weighted by Crippen LogP contribution is -2.52. The van der Waals surface area contributed by atoms with Gasteiger partial charge in [-0.25, -0.2) is 10.0 Å². The summed E-state index contributed by atoms with van der Waals surface area (Å²) in [6.07, 6.45) is 7.79. The molecule has 5 rings (SSSR count). The Hall–Kier alpha value is -2.85. The maximum Gasteiger partial charge on any atom is 0.250 e. The molecule has 170 valence electrons. The number of nitrogens with zero attached hydrogens (tertiary/aromatic N) is 7. The third-order valence-corrected chi connectivity index (χ3v) is 6.52. The lowest BCUT2D eigenvalue weighted by Gasteiger charge is -2.39. The number of hydrogen-bond acceptors (Lipinski definition) is 9. The van der Waals surface area contributed by atoms with Gasteiger partial charge in [-0.1, -0.05) is 0 Å².